The highest BCUT2D eigenvalue weighted by atomic mass is 16.6. The van der Waals surface area contributed by atoms with Crippen molar-refractivity contribution in [2.24, 2.45) is 0 Å². The minimum absolute atomic E-state index is 0.292. The van der Waals surface area contributed by atoms with Crippen LogP contribution in [-0.4, -0.2) is 24.2 Å². The fourth-order valence-electron chi connectivity index (χ4n) is 4.98. The number of hydrogen-bond donors (Lipinski definition) is 1. The summed E-state index contributed by atoms with van der Waals surface area (Å²) in [5.41, 5.74) is 1.62. The lowest BCUT2D eigenvalue weighted by Gasteiger charge is -2.25. The van der Waals surface area contributed by atoms with E-state index in [-0.39, 0.29) is 5.97 Å². The van der Waals surface area contributed by atoms with Crippen molar-refractivity contribution < 1.29 is 14.3 Å². The molecule has 0 amide bonds. The van der Waals surface area contributed by atoms with Crippen LogP contribution in [0.1, 0.15) is 70.0 Å². The second-order valence-electron chi connectivity index (χ2n) is 9.57. The van der Waals surface area contributed by atoms with Gasteiger partial charge in [0.2, 0.25) is 0 Å². The molecule has 1 saturated carbocycles. The van der Waals surface area contributed by atoms with E-state index >= 15 is 0 Å². The van der Waals surface area contributed by atoms with Gasteiger partial charge in [-0.1, -0.05) is 54.6 Å². The van der Waals surface area contributed by atoms with Crippen LogP contribution in [0.3, 0.4) is 0 Å². The maximum absolute atomic E-state index is 12.2. The number of carbonyl (C=O) groups excluding carboxylic acids is 1. The molecule has 174 valence electrons. The number of hydrogen-bond acceptors (Lipinski definition) is 4. The number of carbonyl (C=O) groups is 1. The van der Waals surface area contributed by atoms with Gasteiger partial charge in [0.15, 0.2) is 5.60 Å². The molecule has 1 aliphatic rings. The molecule has 0 heterocycles. The van der Waals surface area contributed by atoms with Crippen LogP contribution < -0.4 is 10.1 Å². The van der Waals surface area contributed by atoms with E-state index in [0.717, 1.165) is 19.3 Å². The van der Waals surface area contributed by atoms with Gasteiger partial charge in [-0.25, -0.2) is 4.79 Å². The summed E-state index contributed by atoms with van der Waals surface area (Å²) in [7, 11) is 0. The molecular formula is C29H35NO3. The van der Waals surface area contributed by atoms with E-state index < -0.39 is 5.60 Å². The normalized spacial score (nSPS) is 19.4. The van der Waals surface area contributed by atoms with Crippen molar-refractivity contribution in [3.05, 3.63) is 77.9 Å². The molecule has 3 atom stereocenters. The quantitative estimate of drug-likeness (QED) is 0.400. The summed E-state index contributed by atoms with van der Waals surface area (Å²) in [5, 5.41) is 6.49. The van der Waals surface area contributed by atoms with Gasteiger partial charge in [0, 0.05) is 12.1 Å². The molecule has 3 aromatic rings. The highest BCUT2D eigenvalue weighted by Crippen LogP contribution is 2.37. The molecule has 1 aliphatic carbocycles. The van der Waals surface area contributed by atoms with Gasteiger partial charge < -0.3 is 14.8 Å². The number of esters is 1. The topological polar surface area (TPSA) is 47.6 Å². The summed E-state index contributed by atoms with van der Waals surface area (Å²) in [5.74, 6) is 0.852. The minimum Gasteiger partial charge on any atom is -0.476 e. The third-order valence-electron chi connectivity index (χ3n) is 6.68. The van der Waals surface area contributed by atoms with Crippen molar-refractivity contribution in [2.45, 2.75) is 70.6 Å². The van der Waals surface area contributed by atoms with Crippen LogP contribution in [-0.2, 0) is 9.53 Å². The third-order valence-corrected chi connectivity index (χ3v) is 6.68. The first kappa shape index (κ1) is 23.3. The highest BCUT2D eigenvalue weighted by molar-refractivity contribution is 5.86. The molecular weight excluding hydrogens is 410 g/mol. The summed E-state index contributed by atoms with van der Waals surface area (Å²) >= 11 is 0. The van der Waals surface area contributed by atoms with E-state index in [0.29, 0.717) is 30.4 Å². The number of fused-ring (bicyclic) bond motifs is 1. The second kappa shape index (κ2) is 9.96. The minimum atomic E-state index is -1.01. The lowest BCUT2D eigenvalue weighted by Crippen LogP contribution is -2.39. The van der Waals surface area contributed by atoms with Gasteiger partial charge in [0.1, 0.15) is 5.75 Å². The molecule has 0 aromatic heterocycles. The predicted octanol–water partition coefficient (Wildman–Crippen LogP) is 6.55. The summed E-state index contributed by atoms with van der Waals surface area (Å²) in [4.78, 5) is 12.2. The first-order valence-electron chi connectivity index (χ1n) is 12.1. The van der Waals surface area contributed by atoms with E-state index in [1.807, 2.05) is 12.1 Å². The Kier molecular flexibility index (Phi) is 7.04. The third kappa shape index (κ3) is 5.39. The number of nitrogens with one attached hydrogen (secondary N) is 1. The Bertz CT molecular complexity index is 1100. The molecule has 0 aliphatic heterocycles. The summed E-state index contributed by atoms with van der Waals surface area (Å²) in [6, 6.07) is 24.1. The van der Waals surface area contributed by atoms with Gasteiger partial charge in [-0.3, -0.25) is 0 Å². The Labute approximate surface area is 197 Å². The largest absolute Gasteiger partial charge is 0.476 e. The fourth-order valence-corrected chi connectivity index (χ4v) is 4.98. The molecule has 3 aromatic carbocycles. The van der Waals surface area contributed by atoms with Crippen molar-refractivity contribution in [1.82, 2.24) is 5.32 Å². The molecule has 33 heavy (non-hydrogen) atoms. The van der Waals surface area contributed by atoms with Gasteiger partial charge in [-0.2, -0.15) is 0 Å². The van der Waals surface area contributed by atoms with Crippen molar-refractivity contribution in [1.29, 1.82) is 0 Å². The Morgan fingerprint density at radius 2 is 1.82 bits per heavy atom. The van der Waals surface area contributed by atoms with E-state index in [9.17, 15) is 4.79 Å². The van der Waals surface area contributed by atoms with E-state index in [2.05, 4.69) is 66.8 Å². The SMILES string of the molecule is CCOC(=O)C(C)(C)Oc1cccc([C@@H]2CC[C@H](NC(C)c3cccc4ccccc34)C2)c1. The maximum Gasteiger partial charge on any atom is 0.349 e. The Hall–Kier alpha value is -2.85. The average molecular weight is 446 g/mol. The number of benzene rings is 3. The van der Waals surface area contributed by atoms with Crippen molar-refractivity contribution in [2.75, 3.05) is 6.61 Å². The monoisotopic (exact) mass is 445 g/mol. The van der Waals surface area contributed by atoms with Gasteiger partial charge in [0.05, 0.1) is 6.61 Å². The van der Waals surface area contributed by atoms with Crippen LogP contribution in [0.4, 0.5) is 0 Å². The van der Waals surface area contributed by atoms with E-state index in [4.69, 9.17) is 9.47 Å². The Balaban J connectivity index is 1.41. The molecule has 4 nitrogen and oxygen atoms in total. The molecule has 1 N–H and O–H groups in total. The van der Waals surface area contributed by atoms with Gasteiger partial charge in [-0.05, 0) is 86.9 Å². The van der Waals surface area contributed by atoms with Crippen molar-refractivity contribution >= 4 is 16.7 Å². The molecule has 1 fully saturated rings. The van der Waals surface area contributed by atoms with Crippen LogP contribution >= 0.6 is 0 Å². The van der Waals surface area contributed by atoms with Crippen LogP contribution in [0.5, 0.6) is 5.75 Å². The molecule has 0 saturated heterocycles. The van der Waals surface area contributed by atoms with Crippen LogP contribution in [0.15, 0.2) is 66.7 Å². The highest BCUT2D eigenvalue weighted by Gasteiger charge is 2.32. The van der Waals surface area contributed by atoms with Gasteiger partial charge >= 0.3 is 5.97 Å². The van der Waals surface area contributed by atoms with Crippen LogP contribution in [0.2, 0.25) is 0 Å². The average Bonchev–Trinajstić information content (AvgIpc) is 3.27. The Morgan fingerprint density at radius 1 is 1.06 bits per heavy atom. The molecule has 4 rings (SSSR count). The summed E-state index contributed by atoms with van der Waals surface area (Å²) < 4.78 is 11.2. The maximum atomic E-state index is 12.2. The zero-order valence-electron chi connectivity index (χ0n) is 20.1. The first-order chi connectivity index (χ1) is 15.9. The van der Waals surface area contributed by atoms with Gasteiger partial charge in [0.25, 0.3) is 0 Å². The summed E-state index contributed by atoms with van der Waals surface area (Å²) in [6.45, 7) is 7.92. The lowest BCUT2D eigenvalue weighted by molar-refractivity contribution is -0.158. The lowest BCUT2D eigenvalue weighted by atomic mass is 9.96. The van der Waals surface area contributed by atoms with E-state index in [1.54, 1.807) is 20.8 Å². The number of rotatable bonds is 8. The van der Waals surface area contributed by atoms with Crippen LogP contribution in [0, 0.1) is 0 Å². The van der Waals surface area contributed by atoms with Crippen LogP contribution in [0.25, 0.3) is 10.8 Å². The Morgan fingerprint density at radius 3 is 2.64 bits per heavy atom. The zero-order chi connectivity index (χ0) is 23.4. The first-order valence-corrected chi connectivity index (χ1v) is 12.1. The molecule has 0 spiro atoms. The second-order valence-corrected chi connectivity index (χ2v) is 9.57. The molecule has 0 bridgehead atoms. The zero-order valence-corrected chi connectivity index (χ0v) is 20.1. The van der Waals surface area contributed by atoms with Gasteiger partial charge in [-0.15, -0.1) is 0 Å². The van der Waals surface area contributed by atoms with Crippen molar-refractivity contribution in [3.63, 3.8) is 0 Å². The number of ether oxygens (including phenoxy) is 2. The molecule has 4 heteroatoms. The summed E-state index contributed by atoms with van der Waals surface area (Å²) in [6.07, 6.45) is 3.39. The standard InChI is InChI=1S/C29H35NO3/c1-5-32-28(31)29(3,4)33-25-13-8-12-22(19-25)23-16-17-24(18-23)30-20(2)26-15-9-11-21-10-6-7-14-27(21)26/h6-15,19-20,23-24,30H,5,16-18H2,1-4H3/t20?,23-,24+/m1/s1. The fraction of sp³-hybridized carbons (Fsp3) is 0.414. The molecule has 1 unspecified atom stereocenters. The van der Waals surface area contributed by atoms with E-state index in [1.165, 1.54) is 21.9 Å². The van der Waals surface area contributed by atoms with Crippen molar-refractivity contribution in [3.8, 4) is 5.75 Å². The molecule has 0 radical (unpaired) electrons. The smallest absolute Gasteiger partial charge is 0.349 e. The predicted molar refractivity (Wildman–Crippen MR) is 134 cm³/mol.